The van der Waals surface area contributed by atoms with E-state index < -0.39 is 11.9 Å². The summed E-state index contributed by atoms with van der Waals surface area (Å²) in [5.41, 5.74) is 8.16. The number of carbonyl (C=O) groups is 3. The van der Waals surface area contributed by atoms with Crippen LogP contribution in [0.15, 0.2) is 54.6 Å². The molecule has 3 N–H and O–H groups in total. The van der Waals surface area contributed by atoms with Crippen molar-refractivity contribution < 1.29 is 19.1 Å². The number of piperidine rings is 2. The van der Waals surface area contributed by atoms with Crippen molar-refractivity contribution in [2.24, 2.45) is 5.73 Å². The van der Waals surface area contributed by atoms with E-state index in [1.54, 1.807) is 24.3 Å². The number of halogens is 1. The van der Waals surface area contributed by atoms with E-state index in [-0.39, 0.29) is 29.7 Å². The zero-order chi connectivity index (χ0) is 36.9. The molecule has 4 fully saturated rings. The minimum atomic E-state index is -0.574. The summed E-state index contributed by atoms with van der Waals surface area (Å²) in [4.78, 5) is 46.6. The second kappa shape index (κ2) is 16.5. The van der Waals surface area contributed by atoms with Crippen LogP contribution in [0.25, 0.3) is 0 Å². The first-order valence-corrected chi connectivity index (χ1v) is 19.0. The fourth-order valence-corrected chi connectivity index (χ4v) is 8.58. The minimum Gasteiger partial charge on any atom is -0.490 e. The Hall–Kier alpha value is -4.77. The largest absolute Gasteiger partial charge is 0.490 e. The highest BCUT2D eigenvalue weighted by molar-refractivity contribution is 6.31. The van der Waals surface area contributed by atoms with Crippen LogP contribution in [0.4, 0.5) is 11.5 Å². The van der Waals surface area contributed by atoms with Crippen molar-refractivity contribution in [2.45, 2.75) is 82.1 Å². The Morgan fingerprint density at radius 2 is 1.70 bits per heavy atom. The standard InChI is InChI=1S/C39H46ClN9O4/c40-32-23-31(8-5-26(32)24-41)53-30-9-6-29(7-10-30)49(35-12-14-37(50)43-39(35)52)34-4-2-1-3-27(34)25-46-19-21-47(22-20-46)28-15-17-48(18-16-28)36-13-11-33(38(42)51)44-45-36/h1-5,8,11,13,23,28-30,35H,6-7,9-10,12,14-22,25H2,(H2,42,51)(H,43,50,52). The summed E-state index contributed by atoms with van der Waals surface area (Å²) in [5, 5.41) is 20.4. The summed E-state index contributed by atoms with van der Waals surface area (Å²) in [5.74, 6) is 0.413. The number of primary amides is 1. The van der Waals surface area contributed by atoms with Gasteiger partial charge in [-0.25, -0.2) is 0 Å². The Balaban J connectivity index is 0.978. The SMILES string of the molecule is N#Cc1ccc(OC2CCC(N(c3ccccc3CN3CCN(C4CCN(c5ccc(C(N)=O)nn5)CC4)CC3)C3CCC(=O)NC3=O)CC2)cc1Cl. The molecule has 1 atom stereocenters. The molecular weight excluding hydrogens is 694 g/mol. The summed E-state index contributed by atoms with van der Waals surface area (Å²) in [6.07, 6.45) is 6.18. The number of hydrogen-bond acceptors (Lipinski definition) is 11. The number of carbonyl (C=O) groups excluding carboxylic acids is 3. The van der Waals surface area contributed by atoms with Gasteiger partial charge in [-0.3, -0.25) is 29.5 Å². The maximum atomic E-state index is 13.4. The van der Waals surface area contributed by atoms with Gasteiger partial charge in [-0.2, -0.15) is 5.26 Å². The number of imide groups is 1. The second-order valence-corrected chi connectivity index (χ2v) is 14.9. The van der Waals surface area contributed by atoms with Crippen molar-refractivity contribution in [3.05, 3.63) is 76.4 Å². The number of piperazine rings is 1. The highest BCUT2D eigenvalue weighted by Crippen LogP contribution is 2.36. The first-order chi connectivity index (χ1) is 25.7. The van der Waals surface area contributed by atoms with E-state index in [2.05, 4.69) is 59.4 Å². The molecule has 0 spiro atoms. The van der Waals surface area contributed by atoms with Gasteiger partial charge in [0.1, 0.15) is 17.9 Å². The lowest BCUT2D eigenvalue weighted by Crippen LogP contribution is -2.57. The van der Waals surface area contributed by atoms with Crippen LogP contribution in [0.3, 0.4) is 0 Å². The van der Waals surface area contributed by atoms with E-state index in [1.165, 1.54) is 5.56 Å². The van der Waals surface area contributed by atoms with Crippen molar-refractivity contribution in [2.75, 3.05) is 49.1 Å². The van der Waals surface area contributed by atoms with Gasteiger partial charge in [0.2, 0.25) is 11.8 Å². The van der Waals surface area contributed by atoms with Gasteiger partial charge in [0.25, 0.3) is 5.91 Å². The van der Waals surface area contributed by atoms with Crippen LogP contribution in [0.1, 0.15) is 73.0 Å². The van der Waals surface area contributed by atoms with Crippen molar-refractivity contribution in [3.63, 3.8) is 0 Å². The average Bonchev–Trinajstić information content (AvgIpc) is 3.17. The van der Waals surface area contributed by atoms with Crippen molar-refractivity contribution in [1.82, 2.24) is 25.3 Å². The molecule has 14 heteroatoms. The monoisotopic (exact) mass is 739 g/mol. The number of aromatic nitrogens is 2. The first kappa shape index (κ1) is 36.6. The molecule has 3 aliphatic heterocycles. The maximum Gasteiger partial charge on any atom is 0.269 e. The van der Waals surface area contributed by atoms with E-state index in [0.29, 0.717) is 35.2 Å². The Labute approximate surface area is 315 Å². The van der Waals surface area contributed by atoms with Crippen molar-refractivity contribution in [3.8, 4) is 11.8 Å². The number of nitrogens with zero attached hydrogens (tertiary/aromatic N) is 7. The molecule has 1 aliphatic carbocycles. The number of ether oxygens (including phenoxy) is 1. The zero-order valence-corrected chi connectivity index (χ0v) is 30.6. The molecule has 4 aliphatic rings. The number of nitrogens with one attached hydrogen (secondary N) is 1. The van der Waals surface area contributed by atoms with Crippen LogP contribution < -0.4 is 25.6 Å². The Morgan fingerprint density at radius 1 is 0.943 bits per heavy atom. The van der Waals surface area contributed by atoms with Gasteiger partial charge in [0.15, 0.2) is 11.5 Å². The molecule has 1 unspecified atom stereocenters. The van der Waals surface area contributed by atoms with Crippen LogP contribution in [-0.2, 0) is 16.1 Å². The topological polar surface area (TPSA) is 161 Å². The number of nitrogens with two attached hydrogens (primary N) is 1. The number of anilines is 2. The summed E-state index contributed by atoms with van der Waals surface area (Å²) in [6.45, 7) is 6.44. The van der Waals surface area contributed by atoms with Gasteiger partial charge in [-0.05, 0) is 80.8 Å². The molecule has 1 aromatic heterocycles. The van der Waals surface area contributed by atoms with Crippen LogP contribution >= 0.6 is 11.6 Å². The summed E-state index contributed by atoms with van der Waals surface area (Å²) in [6, 6.07) is 19.3. The summed E-state index contributed by atoms with van der Waals surface area (Å²) >= 11 is 6.26. The highest BCUT2D eigenvalue weighted by Gasteiger charge is 2.39. The molecule has 7 rings (SSSR count). The maximum absolute atomic E-state index is 13.4. The minimum absolute atomic E-state index is 0.00106. The lowest BCUT2D eigenvalue weighted by Gasteiger charge is -2.45. The average molecular weight is 740 g/mol. The van der Waals surface area contributed by atoms with E-state index in [9.17, 15) is 19.6 Å². The molecule has 0 bridgehead atoms. The first-order valence-electron chi connectivity index (χ1n) is 18.7. The third-order valence-corrected chi connectivity index (χ3v) is 11.5. The van der Waals surface area contributed by atoms with Crippen molar-refractivity contribution >= 4 is 40.8 Å². The number of nitriles is 1. The number of benzene rings is 2. The molecule has 278 valence electrons. The molecule has 1 saturated carbocycles. The molecule has 0 radical (unpaired) electrons. The Kier molecular flexibility index (Phi) is 11.4. The van der Waals surface area contributed by atoms with Crippen molar-refractivity contribution in [1.29, 1.82) is 5.26 Å². The lowest BCUT2D eigenvalue weighted by molar-refractivity contribution is -0.134. The summed E-state index contributed by atoms with van der Waals surface area (Å²) < 4.78 is 6.29. The predicted molar refractivity (Wildman–Crippen MR) is 201 cm³/mol. The van der Waals surface area contributed by atoms with Crippen LogP contribution in [-0.4, -0.2) is 101 Å². The molecule has 3 saturated heterocycles. The van der Waals surface area contributed by atoms with Gasteiger partial charge in [-0.15, -0.1) is 10.2 Å². The molecule has 13 nitrogen and oxygen atoms in total. The van der Waals surface area contributed by atoms with Gasteiger partial charge in [0, 0.05) is 76.1 Å². The molecule has 53 heavy (non-hydrogen) atoms. The number of hydrogen-bond donors (Lipinski definition) is 2. The molecule has 3 amide bonds. The van der Waals surface area contributed by atoms with E-state index in [0.717, 1.165) is 95.8 Å². The number of rotatable bonds is 10. The quantitative estimate of drug-likeness (QED) is 0.291. The van der Waals surface area contributed by atoms with E-state index in [1.807, 2.05) is 12.1 Å². The van der Waals surface area contributed by atoms with E-state index in [4.69, 9.17) is 22.1 Å². The summed E-state index contributed by atoms with van der Waals surface area (Å²) in [7, 11) is 0. The fraction of sp³-hybridized carbons (Fsp3) is 0.487. The van der Waals surface area contributed by atoms with Crippen LogP contribution in [0, 0.1) is 11.3 Å². The van der Waals surface area contributed by atoms with Gasteiger partial charge < -0.3 is 20.3 Å². The van der Waals surface area contributed by atoms with Gasteiger partial charge in [-0.1, -0.05) is 29.8 Å². The Morgan fingerprint density at radius 3 is 2.36 bits per heavy atom. The predicted octanol–water partition coefficient (Wildman–Crippen LogP) is 3.89. The van der Waals surface area contributed by atoms with Crippen LogP contribution in [0.5, 0.6) is 5.75 Å². The third kappa shape index (κ3) is 8.56. The highest BCUT2D eigenvalue weighted by atomic mass is 35.5. The fourth-order valence-electron chi connectivity index (χ4n) is 8.37. The van der Waals surface area contributed by atoms with Crippen LogP contribution in [0.2, 0.25) is 5.02 Å². The van der Waals surface area contributed by atoms with Gasteiger partial charge >= 0.3 is 0 Å². The lowest BCUT2D eigenvalue weighted by atomic mass is 9.88. The normalized spacial score (nSPS) is 23.2. The zero-order valence-electron chi connectivity index (χ0n) is 29.8. The van der Waals surface area contributed by atoms with Gasteiger partial charge in [0.05, 0.1) is 16.7 Å². The number of amides is 3. The number of para-hydroxylation sites is 1. The Bertz CT molecular complexity index is 1830. The molecule has 2 aromatic carbocycles. The third-order valence-electron chi connectivity index (χ3n) is 11.2. The molecular formula is C39H46ClN9O4. The molecule has 3 aromatic rings. The smallest absolute Gasteiger partial charge is 0.269 e. The second-order valence-electron chi connectivity index (χ2n) is 14.5. The van der Waals surface area contributed by atoms with E-state index >= 15 is 0 Å². The molecule has 4 heterocycles.